The van der Waals surface area contributed by atoms with Crippen LogP contribution in [-0.4, -0.2) is 46.6 Å². The molecule has 2 aromatic carbocycles. The lowest BCUT2D eigenvalue weighted by atomic mass is 10.0. The quantitative estimate of drug-likeness (QED) is 0.812. The molecule has 0 saturated carbocycles. The third-order valence-corrected chi connectivity index (χ3v) is 5.98. The zero-order valence-electron chi connectivity index (χ0n) is 15.1. The Labute approximate surface area is 155 Å². The fourth-order valence-corrected chi connectivity index (χ4v) is 4.14. The van der Waals surface area contributed by atoms with Gasteiger partial charge in [0.2, 0.25) is 0 Å². The van der Waals surface area contributed by atoms with Gasteiger partial charge in [-0.25, -0.2) is 8.42 Å². The second-order valence-corrected chi connectivity index (χ2v) is 8.24. The van der Waals surface area contributed by atoms with E-state index in [4.69, 9.17) is 4.74 Å². The highest BCUT2D eigenvalue weighted by molar-refractivity contribution is 7.92. The Hall–Kier alpha value is -2.25. The lowest BCUT2D eigenvalue weighted by molar-refractivity contribution is 0.263. The average Bonchev–Trinajstić information content (AvgIpc) is 2.64. The van der Waals surface area contributed by atoms with E-state index in [-0.39, 0.29) is 4.90 Å². The summed E-state index contributed by atoms with van der Waals surface area (Å²) in [6.45, 7) is 2.08. The van der Waals surface area contributed by atoms with Gasteiger partial charge in [-0.05, 0) is 63.3 Å². The Bertz CT molecular complexity index is 832. The molecule has 0 amide bonds. The first-order valence-electron chi connectivity index (χ1n) is 8.69. The van der Waals surface area contributed by atoms with Crippen LogP contribution in [0.1, 0.15) is 12.8 Å². The van der Waals surface area contributed by atoms with Crippen molar-refractivity contribution in [3.05, 3.63) is 48.5 Å². The van der Waals surface area contributed by atoms with Crippen LogP contribution in [0.5, 0.6) is 5.75 Å². The molecular formula is C19H25N3O3S. The van der Waals surface area contributed by atoms with Crippen LogP contribution in [0.25, 0.3) is 0 Å². The van der Waals surface area contributed by atoms with E-state index in [1.165, 1.54) is 0 Å². The molecule has 6 nitrogen and oxygen atoms in total. The SMILES string of the molecule is COc1ccc(NS(=O)(=O)c2ccccc2)cc1NC1CCN(C)CC1. The zero-order chi connectivity index (χ0) is 18.6. The molecule has 1 heterocycles. The number of nitrogens with one attached hydrogen (secondary N) is 2. The first kappa shape index (κ1) is 18.5. The molecule has 0 aliphatic carbocycles. The summed E-state index contributed by atoms with van der Waals surface area (Å²) < 4.78 is 33.1. The van der Waals surface area contributed by atoms with Gasteiger partial charge < -0.3 is 15.0 Å². The third kappa shape index (κ3) is 4.47. The third-order valence-electron chi connectivity index (χ3n) is 4.58. The van der Waals surface area contributed by atoms with Gasteiger partial charge >= 0.3 is 0 Å². The Morgan fingerprint density at radius 3 is 2.42 bits per heavy atom. The highest BCUT2D eigenvalue weighted by Gasteiger charge is 2.19. The summed E-state index contributed by atoms with van der Waals surface area (Å²) in [6.07, 6.45) is 2.08. The fourth-order valence-electron chi connectivity index (χ4n) is 3.07. The first-order valence-corrected chi connectivity index (χ1v) is 10.2. The molecule has 2 aromatic rings. The van der Waals surface area contributed by atoms with Gasteiger partial charge in [-0.3, -0.25) is 4.72 Å². The van der Waals surface area contributed by atoms with E-state index in [2.05, 4.69) is 22.0 Å². The number of likely N-dealkylation sites (tertiary alicyclic amines) is 1. The highest BCUT2D eigenvalue weighted by Crippen LogP contribution is 2.30. The van der Waals surface area contributed by atoms with Gasteiger partial charge in [0.1, 0.15) is 5.75 Å². The minimum Gasteiger partial charge on any atom is -0.495 e. The molecule has 1 saturated heterocycles. The molecule has 26 heavy (non-hydrogen) atoms. The summed E-state index contributed by atoms with van der Waals surface area (Å²) in [5.41, 5.74) is 1.31. The molecule has 0 atom stereocenters. The van der Waals surface area contributed by atoms with E-state index >= 15 is 0 Å². The van der Waals surface area contributed by atoms with Gasteiger partial charge in [0.05, 0.1) is 23.4 Å². The number of hydrogen-bond acceptors (Lipinski definition) is 5. The summed E-state index contributed by atoms with van der Waals surface area (Å²) in [4.78, 5) is 2.54. The Morgan fingerprint density at radius 1 is 1.08 bits per heavy atom. The molecule has 0 aromatic heterocycles. The second-order valence-electron chi connectivity index (χ2n) is 6.56. The Kier molecular flexibility index (Phi) is 5.68. The molecule has 3 rings (SSSR count). The van der Waals surface area contributed by atoms with Gasteiger partial charge in [0, 0.05) is 6.04 Å². The topological polar surface area (TPSA) is 70.7 Å². The van der Waals surface area contributed by atoms with Gasteiger partial charge in [-0.1, -0.05) is 18.2 Å². The molecule has 1 fully saturated rings. The predicted octanol–water partition coefficient (Wildman–Crippen LogP) is 3.00. The van der Waals surface area contributed by atoms with E-state index in [9.17, 15) is 8.42 Å². The van der Waals surface area contributed by atoms with Crippen LogP contribution in [0.4, 0.5) is 11.4 Å². The van der Waals surface area contributed by atoms with Crippen LogP contribution in [0.3, 0.4) is 0 Å². The van der Waals surface area contributed by atoms with Crippen LogP contribution in [0, 0.1) is 0 Å². The van der Waals surface area contributed by atoms with Gasteiger partial charge in [-0.2, -0.15) is 0 Å². The zero-order valence-corrected chi connectivity index (χ0v) is 15.9. The highest BCUT2D eigenvalue weighted by atomic mass is 32.2. The monoisotopic (exact) mass is 375 g/mol. The number of piperidine rings is 1. The number of ether oxygens (including phenoxy) is 1. The smallest absolute Gasteiger partial charge is 0.261 e. The number of benzene rings is 2. The van der Waals surface area contributed by atoms with Crippen LogP contribution in [-0.2, 0) is 10.0 Å². The summed E-state index contributed by atoms with van der Waals surface area (Å²) >= 11 is 0. The van der Waals surface area contributed by atoms with E-state index < -0.39 is 10.0 Å². The van der Waals surface area contributed by atoms with E-state index in [0.29, 0.717) is 17.5 Å². The Morgan fingerprint density at radius 2 is 1.77 bits per heavy atom. The molecule has 0 spiro atoms. The molecular weight excluding hydrogens is 350 g/mol. The van der Waals surface area contributed by atoms with Crippen molar-refractivity contribution < 1.29 is 13.2 Å². The predicted molar refractivity (Wildman–Crippen MR) is 104 cm³/mol. The molecule has 1 aliphatic rings. The second kappa shape index (κ2) is 7.97. The fraction of sp³-hybridized carbons (Fsp3) is 0.368. The van der Waals surface area contributed by atoms with Crippen LogP contribution < -0.4 is 14.8 Å². The van der Waals surface area contributed by atoms with Crippen molar-refractivity contribution in [2.45, 2.75) is 23.8 Å². The number of nitrogens with zero attached hydrogens (tertiary/aromatic N) is 1. The van der Waals surface area contributed by atoms with Crippen molar-refractivity contribution in [2.24, 2.45) is 0 Å². The van der Waals surface area contributed by atoms with Crippen molar-refractivity contribution in [3.8, 4) is 5.75 Å². The molecule has 0 unspecified atom stereocenters. The lowest BCUT2D eigenvalue weighted by Gasteiger charge is -2.30. The van der Waals surface area contributed by atoms with Gasteiger partial charge in [0.15, 0.2) is 0 Å². The maximum Gasteiger partial charge on any atom is 0.261 e. The number of rotatable bonds is 6. The molecule has 7 heteroatoms. The number of anilines is 2. The summed E-state index contributed by atoms with van der Waals surface area (Å²) in [7, 11) is 0.120. The van der Waals surface area contributed by atoms with Crippen molar-refractivity contribution >= 4 is 21.4 Å². The molecule has 0 radical (unpaired) electrons. The number of methoxy groups -OCH3 is 1. The van der Waals surface area contributed by atoms with Crippen LogP contribution in [0.2, 0.25) is 0 Å². The molecule has 0 bridgehead atoms. The average molecular weight is 375 g/mol. The van der Waals surface area contributed by atoms with E-state index in [0.717, 1.165) is 31.6 Å². The van der Waals surface area contributed by atoms with Crippen molar-refractivity contribution in [1.29, 1.82) is 0 Å². The maximum atomic E-state index is 12.5. The summed E-state index contributed by atoms with van der Waals surface area (Å²) in [5.74, 6) is 0.701. The largest absolute Gasteiger partial charge is 0.495 e. The molecule has 140 valence electrons. The maximum absolute atomic E-state index is 12.5. The van der Waals surface area contributed by atoms with Crippen molar-refractivity contribution in [2.75, 3.05) is 37.3 Å². The van der Waals surface area contributed by atoms with E-state index in [1.807, 2.05) is 0 Å². The minimum absolute atomic E-state index is 0.237. The van der Waals surface area contributed by atoms with E-state index in [1.54, 1.807) is 55.6 Å². The summed E-state index contributed by atoms with van der Waals surface area (Å²) in [6, 6.07) is 14.0. The van der Waals surface area contributed by atoms with Crippen LogP contribution in [0.15, 0.2) is 53.4 Å². The summed E-state index contributed by atoms with van der Waals surface area (Å²) in [5, 5.41) is 3.50. The van der Waals surface area contributed by atoms with Crippen LogP contribution >= 0.6 is 0 Å². The minimum atomic E-state index is -3.62. The van der Waals surface area contributed by atoms with Gasteiger partial charge in [0.25, 0.3) is 10.0 Å². The standard InChI is InChI=1S/C19H25N3O3S/c1-22-12-10-15(11-13-22)20-18-14-16(8-9-19(18)25-2)21-26(23,24)17-6-4-3-5-7-17/h3-9,14-15,20-21H,10-13H2,1-2H3. The molecule has 2 N–H and O–H groups in total. The van der Waals surface area contributed by atoms with Crippen molar-refractivity contribution in [3.63, 3.8) is 0 Å². The number of hydrogen-bond donors (Lipinski definition) is 2. The lowest BCUT2D eigenvalue weighted by Crippen LogP contribution is -2.36. The van der Waals surface area contributed by atoms with Crippen molar-refractivity contribution in [1.82, 2.24) is 4.90 Å². The Balaban J connectivity index is 1.79. The molecule has 1 aliphatic heterocycles. The van der Waals surface area contributed by atoms with Gasteiger partial charge in [-0.15, -0.1) is 0 Å². The normalized spacial score (nSPS) is 16.2. The number of sulfonamides is 1. The first-order chi connectivity index (χ1) is 12.5.